The van der Waals surface area contributed by atoms with E-state index in [1.807, 2.05) is 6.20 Å². The van der Waals surface area contributed by atoms with E-state index in [4.69, 9.17) is 17.3 Å². The Hall–Kier alpha value is -1.79. The van der Waals surface area contributed by atoms with Gasteiger partial charge in [-0.2, -0.15) is 0 Å². The molecule has 1 heterocycles. The average molecular weight is 312 g/mol. The molecule has 4 N–H and O–H groups in total. The predicted octanol–water partition coefficient (Wildman–Crippen LogP) is 3.25. The zero-order chi connectivity index (χ0) is 14.7. The summed E-state index contributed by atoms with van der Waals surface area (Å²) in [6.45, 7) is 2.48. The zero-order valence-electron chi connectivity index (χ0n) is 10.8. The number of aryl methyl sites for hydroxylation is 1. The van der Waals surface area contributed by atoms with Gasteiger partial charge in [-0.15, -0.1) is 11.3 Å². The van der Waals surface area contributed by atoms with Gasteiger partial charge in [0.1, 0.15) is 5.01 Å². The van der Waals surface area contributed by atoms with Crippen molar-refractivity contribution in [2.24, 2.45) is 0 Å². The van der Waals surface area contributed by atoms with E-state index in [1.165, 1.54) is 17.0 Å². The van der Waals surface area contributed by atoms with Gasteiger partial charge < -0.3 is 16.2 Å². The lowest BCUT2D eigenvalue weighted by molar-refractivity contribution is 0.0698. The molecule has 0 atom stereocenters. The second kappa shape index (κ2) is 6.11. The van der Waals surface area contributed by atoms with Crippen molar-refractivity contribution in [2.45, 2.75) is 19.9 Å². The van der Waals surface area contributed by atoms with Crippen LogP contribution in [0.4, 0.5) is 11.4 Å². The molecule has 0 saturated heterocycles. The molecule has 0 aliphatic carbocycles. The average Bonchev–Trinajstić information content (AvgIpc) is 2.84. The first-order valence-corrected chi connectivity index (χ1v) is 7.20. The highest BCUT2D eigenvalue weighted by Gasteiger charge is 2.15. The molecule has 5 nitrogen and oxygen atoms in total. The number of aromatic carboxylic acids is 1. The monoisotopic (exact) mass is 311 g/mol. The number of hydrogen-bond acceptors (Lipinski definition) is 5. The number of carboxylic acid groups (broad SMARTS) is 1. The molecule has 0 radical (unpaired) electrons. The number of thiazole rings is 1. The number of nitrogens with one attached hydrogen (secondary N) is 1. The van der Waals surface area contributed by atoms with Gasteiger partial charge in [-0.25, -0.2) is 9.78 Å². The van der Waals surface area contributed by atoms with Crippen molar-refractivity contribution in [1.29, 1.82) is 0 Å². The van der Waals surface area contributed by atoms with E-state index < -0.39 is 5.97 Å². The molecule has 0 unspecified atom stereocenters. The minimum absolute atomic E-state index is 0.0577. The van der Waals surface area contributed by atoms with Crippen LogP contribution in [0.5, 0.6) is 0 Å². The quantitative estimate of drug-likeness (QED) is 0.738. The number of nitrogens with zero attached hydrogens (tertiary/aromatic N) is 1. The number of benzene rings is 1. The van der Waals surface area contributed by atoms with Gasteiger partial charge in [0.25, 0.3) is 0 Å². The molecule has 2 rings (SSSR count). The van der Waals surface area contributed by atoms with Crippen LogP contribution in [0, 0.1) is 0 Å². The third-order valence-corrected chi connectivity index (χ3v) is 4.15. The number of hydrogen-bond donors (Lipinski definition) is 3. The van der Waals surface area contributed by atoms with Crippen molar-refractivity contribution in [2.75, 3.05) is 11.1 Å². The van der Waals surface area contributed by atoms with Crippen molar-refractivity contribution in [1.82, 2.24) is 4.98 Å². The van der Waals surface area contributed by atoms with Crippen LogP contribution in [0.25, 0.3) is 0 Å². The largest absolute Gasteiger partial charge is 0.478 e. The van der Waals surface area contributed by atoms with Gasteiger partial charge in [0.05, 0.1) is 22.8 Å². The van der Waals surface area contributed by atoms with E-state index in [9.17, 15) is 9.90 Å². The molecule has 0 bridgehead atoms. The van der Waals surface area contributed by atoms with Gasteiger partial charge in [-0.05, 0) is 18.6 Å². The Kier molecular flexibility index (Phi) is 4.46. The number of aromatic nitrogens is 1. The van der Waals surface area contributed by atoms with Crippen LogP contribution >= 0.6 is 22.9 Å². The number of nitrogens with two attached hydrogens (primary N) is 1. The smallest absolute Gasteiger partial charge is 0.337 e. The van der Waals surface area contributed by atoms with Crippen molar-refractivity contribution in [3.05, 3.63) is 38.8 Å². The number of halogens is 1. The topological polar surface area (TPSA) is 88.2 Å². The molecular formula is C13H14ClN3O2S. The second-order valence-electron chi connectivity index (χ2n) is 4.16. The van der Waals surface area contributed by atoms with Gasteiger partial charge >= 0.3 is 5.97 Å². The van der Waals surface area contributed by atoms with Crippen molar-refractivity contribution < 1.29 is 9.90 Å². The maximum atomic E-state index is 11.2. The number of carboxylic acids is 1. The summed E-state index contributed by atoms with van der Waals surface area (Å²) in [4.78, 5) is 16.7. The zero-order valence-corrected chi connectivity index (χ0v) is 12.4. The molecule has 1 aromatic carbocycles. The molecule has 2 aromatic rings. The third-order valence-electron chi connectivity index (χ3n) is 2.71. The highest BCUT2D eigenvalue weighted by molar-refractivity contribution is 7.11. The van der Waals surface area contributed by atoms with Crippen molar-refractivity contribution in [3.63, 3.8) is 0 Å². The summed E-state index contributed by atoms with van der Waals surface area (Å²) in [5.74, 6) is -1.07. The van der Waals surface area contributed by atoms with Gasteiger partial charge in [-0.3, -0.25) is 0 Å². The van der Waals surface area contributed by atoms with Crippen molar-refractivity contribution >= 4 is 40.3 Å². The Morgan fingerprint density at radius 3 is 2.90 bits per heavy atom. The Morgan fingerprint density at radius 1 is 1.55 bits per heavy atom. The van der Waals surface area contributed by atoms with Gasteiger partial charge in [0.2, 0.25) is 0 Å². The molecule has 106 valence electrons. The fourth-order valence-electron chi connectivity index (χ4n) is 1.73. The number of carbonyl (C=O) groups is 1. The summed E-state index contributed by atoms with van der Waals surface area (Å²) in [6, 6.07) is 2.91. The van der Waals surface area contributed by atoms with Crippen LogP contribution in [0.15, 0.2) is 18.3 Å². The fraction of sp³-hybridized carbons (Fsp3) is 0.231. The van der Waals surface area contributed by atoms with Crippen LogP contribution in [0.1, 0.15) is 27.2 Å². The standard InChI is InChI=1S/C13H14ClN3O2S/c1-2-8-5-16-11(20-8)6-17-12-9(13(18)19)3-7(15)4-10(12)14/h3-5,17H,2,6,15H2,1H3,(H,18,19). The first-order chi connectivity index (χ1) is 9.51. The van der Waals surface area contributed by atoms with E-state index in [2.05, 4.69) is 17.2 Å². The molecule has 7 heteroatoms. The second-order valence-corrected chi connectivity index (χ2v) is 5.76. The molecule has 0 amide bonds. The minimum atomic E-state index is -1.07. The number of anilines is 2. The van der Waals surface area contributed by atoms with Gasteiger partial charge in [0, 0.05) is 16.8 Å². The van der Waals surface area contributed by atoms with E-state index in [1.54, 1.807) is 11.3 Å². The van der Waals surface area contributed by atoms with E-state index in [0.29, 0.717) is 17.9 Å². The summed E-state index contributed by atoms with van der Waals surface area (Å²) in [7, 11) is 0. The first-order valence-electron chi connectivity index (χ1n) is 6.01. The SMILES string of the molecule is CCc1cnc(CNc2c(Cl)cc(N)cc2C(=O)O)s1. The lowest BCUT2D eigenvalue weighted by atomic mass is 10.1. The van der Waals surface area contributed by atoms with Crippen LogP contribution in [0.3, 0.4) is 0 Å². The predicted molar refractivity (Wildman–Crippen MR) is 81.6 cm³/mol. The van der Waals surface area contributed by atoms with Crippen LogP contribution in [-0.4, -0.2) is 16.1 Å². The van der Waals surface area contributed by atoms with E-state index in [0.717, 1.165) is 11.4 Å². The van der Waals surface area contributed by atoms with Gasteiger partial charge in [0.15, 0.2) is 0 Å². The molecule has 0 spiro atoms. The summed E-state index contributed by atoms with van der Waals surface area (Å²) in [5.41, 5.74) is 6.35. The lowest BCUT2D eigenvalue weighted by Gasteiger charge is -2.11. The highest BCUT2D eigenvalue weighted by Crippen LogP contribution is 2.30. The van der Waals surface area contributed by atoms with Crippen LogP contribution in [-0.2, 0) is 13.0 Å². The Morgan fingerprint density at radius 2 is 2.30 bits per heavy atom. The third kappa shape index (κ3) is 3.20. The molecule has 0 fully saturated rings. The normalized spacial score (nSPS) is 10.5. The molecular weight excluding hydrogens is 298 g/mol. The summed E-state index contributed by atoms with van der Waals surface area (Å²) >= 11 is 7.64. The van der Waals surface area contributed by atoms with Crippen LogP contribution in [0.2, 0.25) is 5.02 Å². The minimum Gasteiger partial charge on any atom is -0.478 e. The Bertz CT molecular complexity index is 643. The highest BCUT2D eigenvalue weighted by atomic mass is 35.5. The molecule has 1 aromatic heterocycles. The maximum absolute atomic E-state index is 11.2. The maximum Gasteiger partial charge on any atom is 0.337 e. The Labute approximate surface area is 125 Å². The van der Waals surface area contributed by atoms with Crippen molar-refractivity contribution in [3.8, 4) is 0 Å². The molecule has 0 aliphatic heterocycles. The van der Waals surface area contributed by atoms with Gasteiger partial charge in [-0.1, -0.05) is 18.5 Å². The molecule has 0 aliphatic rings. The lowest BCUT2D eigenvalue weighted by Crippen LogP contribution is -2.08. The fourth-order valence-corrected chi connectivity index (χ4v) is 2.83. The molecule has 0 saturated carbocycles. The summed E-state index contributed by atoms with van der Waals surface area (Å²) in [5, 5.41) is 13.4. The summed E-state index contributed by atoms with van der Waals surface area (Å²) < 4.78 is 0. The number of rotatable bonds is 5. The van der Waals surface area contributed by atoms with Crippen LogP contribution < -0.4 is 11.1 Å². The van der Waals surface area contributed by atoms with E-state index in [-0.39, 0.29) is 10.6 Å². The molecule has 20 heavy (non-hydrogen) atoms. The Balaban J connectivity index is 2.22. The summed E-state index contributed by atoms with van der Waals surface area (Å²) in [6.07, 6.45) is 2.76. The van der Waals surface area contributed by atoms with E-state index >= 15 is 0 Å². The first kappa shape index (κ1) is 14.6. The number of nitrogen functional groups attached to an aromatic ring is 1.